The topological polar surface area (TPSA) is 35.5 Å². The Labute approximate surface area is 134 Å². The predicted molar refractivity (Wildman–Crippen MR) is 91.5 cm³/mol. The third-order valence-corrected chi connectivity index (χ3v) is 9.03. The van der Waals surface area contributed by atoms with Crippen molar-refractivity contribution in [2.75, 3.05) is 0 Å². The number of rotatable bonds is 4. The number of ether oxygens (including phenoxy) is 1. The van der Waals surface area contributed by atoms with E-state index in [1.54, 1.807) is 12.1 Å². The number of carbonyl (C=O) groups excluding carboxylic acids is 1. The molecule has 3 nitrogen and oxygen atoms in total. The van der Waals surface area contributed by atoms with E-state index < -0.39 is 8.32 Å². The maximum Gasteiger partial charge on any atom is 0.338 e. The van der Waals surface area contributed by atoms with Crippen LogP contribution in [0.3, 0.4) is 0 Å². The molecule has 0 bridgehead atoms. The van der Waals surface area contributed by atoms with E-state index in [0.717, 1.165) is 0 Å². The summed E-state index contributed by atoms with van der Waals surface area (Å²) < 4.78 is 11.9. The summed E-state index contributed by atoms with van der Waals surface area (Å²) in [5.41, 5.74) is 0.588. The lowest BCUT2D eigenvalue weighted by atomic mass is 10.2. The second-order valence-corrected chi connectivity index (χ2v) is 12.1. The van der Waals surface area contributed by atoms with Gasteiger partial charge in [-0.1, -0.05) is 45.0 Å². The van der Waals surface area contributed by atoms with Crippen LogP contribution >= 0.6 is 0 Å². The highest BCUT2D eigenvalue weighted by molar-refractivity contribution is 6.74. The normalized spacial score (nSPS) is 21.9. The maximum atomic E-state index is 12.1. The van der Waals surface area contributed by atoms with Crippen molar-refractivity contribution in [1.82, 2.24) is 0 Å². The lowest BCUT2D eigenvalue weighted by Gasteiger charge is -2.38. The minimum atomic E-state index is -1.80. The first-order valence-electron chi connectivity index (χ1n) is 7.81. The van der Waals surface area contributed by atoms with Gasteiger partial charge in [0.25, 0.3) is 0 Å². The maximum absolute atomic E-state index is 12.1. The van der Waals surface area contributed by atoms with E-state index in [1.807, 2.05) is 30.4 Å². The Hall–Kier alpha value is -1.39. The van der Waals surface area contributed by atoms with Crippen molar-refractivity contribution < 1.29 is 14.0 Å². The molecule has 2 atom stereocenters. The molecule has 0 aromatic heterocycles. The van der Waals surface area contributed by atoms with Crippen molar-refractivity contribution in [2.24, 2.45) is 0 Å². The Bertz CT molecular complexity index is 543. The third-order valence-electron chi connectivity index (χ3n) is 4.53. The van der Waals surface area contributed by atoms with Crippen LogP contribution in [0.15, 0.2) is 42.5 Å². The van der Waals surface area contributed by atoms with Crippen molar-refractivity contribution in [1.29, 1.82) is 0 Å². The summed E-state index contributed by atoms with van der Waals surface area (Å²) in [4.78, 5) is 12.1. The summed E-state index contributed by atoms with van der Waals surface area (Å²) in [7, 11) is -1.80. The molecule has 0 amide bonds. The van der Waals surface area contributed by atoms with Gasteiger partial charge in [0.2, 0.25) is 0 Å². The molecule has 1 aliphatic rings. The van der Waals surface area contributed by atoms with Gasteiger partial charge in [-0.2, -0.15) is 0 Å². The molecular weight excluding hydrogens is 292 g/mol. The molecule has 4 heteroatoms. The highest BCUT2D eigenvalue weighted by Gasteiger charge is 2.40. The van der Waals surface area contributed by atoms with Crippen LogP contribution in [-0.4, -0.2) is 26.5 Å². The molecule has 0 aliphatic heterocycles. The second-order valence-electron chi connectivity index (χ2n) is 7.35. The molecule has 22 heavy (non-hydrogen) atoms. The quantitative estimate of drug-likeness (QED) is 0.464. The van der Waals surface area contributed by atoms with Crippen molar-refractivity contribution in [3.05, 3.63) is 48.0 Å². The van der Waals surface area contributed by atoms with Crippen LogP contribution in [0.4, 0.5) is 0 Å². The van der Waals surface area contributed by atoms with Gasteiger partial charge in [-0.25, -0.2) is 4.79 Å². The van der Waals surface area contributed by atoms with Crippen molar-refractivity contribution in [3.63, 3.8) is 0 Å². The van der Waals surface area contributed by atoms with Crippen LogP contribution in [0, 0.1) is 0 Å². The van der Waals surface area contributed by atoms with Crippen LogP contribution in [0.5, 0.6) is 0 Å². The fourth-order valence-electron chi connectivity index (χ4n) is 2.14. The van der Waals surface area contributed by atoms with Crippen LogP contribution < -0.4 is 0 Å². The highest BCUT2D eigenvalue weighted by Crippen LogP contribution is 2.38. The predicted octanol–water partition coefficient (Wildman–Crippen LogP) is 4.56. The molecule has 120 valence electrons. The molecule has 0 saturated heterocycles. The lowest BCUT2D eigenvalue weighted by Crippen LogP contribution is -2.43. The Morgan fingerprint density at radius 3 is 2.27 bits per heavy atom. The monoisotopic (exact) mass is 318 g/mol. The first kappa shape index (κ1) is 17.0. The van der Waals surface area contributed by atoms with Gasteiger partial charge in [0.05, 0.1) is 11.7 Å². The summed E-state index contributed by atoms with van der Waals surface area (Å²) in [6, 6.07) is 9.10. The zero-order chi connectivity index (χ0) is 16.4. The first-order chi connectivity index (χ1) is 10.2. The third kappa shape index (κ3) is 4.08. The van der Waals surface area contributed by atoms with E-state index in [2.05, 4.69) is 33.9 Å². The van der Waals surface area contributed by atoms with Crippen molar-refractivity contribution in [3.8, 4) is 0 Å². The molecule has 0 saturated carbocycles. The molecule has 2 unspecified atom stereocenters. The van der Waals surface area contributed by atoms with E-state index in [9.17, 15) is 4.79 Å². The Kier molecular flexibility index (Phi) is 4.92. The summed E-state index contributed by atoms with van der Waals surface area (Å²) in [6.45, 7) is 11.2. The summed E-state index contributed by atoms with van der Waals surface area (Å²) in [6.07, 6.45) is 4.55. The highest BCUT2D eigenvalue weighted by atomic mass is 28.4. The van der Waals surface area contributed by atoms with Gasteiger partial charge in [-0.15, -0.1) is 0 Å². The van der Waals surface area contributed by atoms with E-state index in [4.69, 9.17) is 9.16 Å². The van der Waals surface area contributed by atoms with Gasteiger partial charge in [0.15, 0.2) is 8.32 Å². The standard InChI is InChI=1S/C18H26O3Si/c1-18(2,3)22(4,5)21-16-12-11-15(13-16)20-17(19)14-9-7-6-8-10-14/h6-12,15-16H,13H2,1-5H3. The Morgan fingerprint density at radius 2 is 1.68 bits per heavy atom. The molecule has 0 N–H and O–H groups in total. The Balaban J connectivity index is 1.89. The van der Waals surface area contributed by atoms with Gasteiger partial charge in [-0.3, -0.25) is 0 Å². The fraction of sp³-hybridized carbons (Fsp3) is 0.500. The summed E-state index contributed by atoms with van der Waals surface area (Å²) in [5, 5.41) is 0.180. The smallest absolute Gasteiger partial charge is 0.338 e. The van der Waals surface area contributed by atoms with E-state index in [-0.39, 0.29) is 23.2 Å². The van der Waals surface area contributed by atoms with Crippen molar-refractivity contribution in [2.45, 2.75) is 57.5 Å². The van der Waals surface area contributed by atoms with Crippen LogP contribution in [0.2, 0.25) is 18.1 Å². The largest absolute Gasteiger partial charge is 0.454 e. The minimum absolute atomic E-state index is 0.0504. The van der Waals surface area contributed by atoms with E-state index in [1.165, 1.54) is 0 Å². The molecule has 1 aromatic rings. The minimum Gasteiger partial charge on any atom is -0.454 e. The number of esters is 1. The molecule has 2 rings (SSSR count). The fourth-order valence-corrected chi connectivity index (χ4v) is 3.43. The molecular formula is C18H26O3Si. The zero-order valence-corrected chi connectivity index (χ0v) is 15.1. The average Bonchev–Trinajstić information content (AvgIpc) is 2.85. The number of hydrogen-bond donors (Lipinski definition) is 0. The summed E-state index contributed by atoms with van der Waals surface area (Å²) in [5.74, 6) is -0.275. The van der Waals surface area contributed by atoms with Crippen molar-refractivity contribution >= 4 is 14.3 Å². The number of carbonyl (C=O) groups is 1. The zero-order valence-electron chi connectivity index (χ0n) is 14.1. The van der Waals surface area contributed by atoms with Gasteiger partial charge >= 0.3 is 5.97 Å². The van der Waals surface area contributed by atoms with E-state index >= 15 is 0 Å². The van der Waals surface area contributed by atoms with Gasteiger partial charge in [0.1, 0.15) is 6.10 Å². The number of benzene rings is 1. The van der Waals surface area contributed by atoms with Gasteiger partial charge in [-0.05, 0) is 36.3 Å². The molecule has 0 fully saturated rings. The average molecular weight is 318 g/mol. The molecule has 1 aliphatic carbocycles. The molecule has 0 heterocycles. The Morgan fingerprint density at radius 1 is 1.09 bits per heavy atom. The second kappa shape index (κ2) is 6.38. The summed E-state index contributed by atoms with van der Waals surface area (Å²) >= 11 is 0. The van der Waals surface area contributed by atoms with E-state index in [0.29, 0.717) is 12.0 Å². The van der Waals surface area contributed by atoms with Gasteiger partial charge in [0, 0.05) is 6.42 Å². The molecule has 1 aromatic carbocycles. The van der Waals surface area contributed by atoms with Gasteiger partial charge < -0.3 is 9.16 Å². The van der Waals surface area contributed by atoms with Crippen LogP contribution in [-0.2, 0) is 9.16 Å². The van der Waals surface area contributed by atoms with Crippen LogP contribution in [0.25, 0.3) is 0 Å². The SMILES string of the molecule is CC(C)(C)[Si](C)(C)OC1C=CC(OC(=O)c2ccccc2)C1. The lowest BCUT2D eigenvalue weighted by molar-refractivity contribution is 0.0353. The number of hydrogen-bond acceptors (Lipinski definition) is 3. The molecule has 0 radical (unpaired) electrons. The first-order valence-corrected chi connectivity index (χ1v) is 10.7. The molecule has 0 spiro atoms. The van der Waals surface area contributed by atoms with Crippen LogP contribution in [0.1, 0.15) is 37.6 Å².